The van der Waals surface area contributed by atoms with Crippen molar-refractivity contribution in [3.63, 3.8) is 0 Å². The van der Waals surface area contributed by atoms with Gasteiger partial charge in [-0.05, 0) is 132 Å². The van der Waals surface area contributed by atoms with E-state index >= 15 is 9.18 Å². The first-order chi connectivity index (χ1) is 30.6. The third-order valence-electron chi connectivity index (χ3n) is 14.4. The molecule has 1 N–H and O–H groups in total. The van der Waals surface area contributed by atoms with E-state index in [4.69, 9.17) is 19.3 Å². The fraction of sp³-hybridized carbons (Fsp3) is 0.388. The molecule has 1 amide bonds. The zero-order valence-corrected chi connectivity index (χ0v) is 37.4. The molecule has 14 nitrogen and oxygen atoms in total. The minimum atomic E-state index is -0.789. The lowest BCUT2D eigenvalue weighted by atomic mass is 9.83. The summed E-state index contributed by atoms with van der Waals surface area (Å²) in [4.78, 5) is 37.8. The Kier molecular flexibility index (Phi) is 8.91. The molecule has 0 spiro atoms. The molecule has 4 atom stereocenters. The summed E-state index contributed by atoms with van der Waals surface area (Å²) in [5, 5.41) is 15.9. The van der Waals surface area contributed by atoms with Crippen LogP contribution in [0.25, 0.3) is 44.6 Å². The fourth-order valence-corrected chi connectivity index (χ4v) is 10.9. The highest BCUT2D eigenvalue weighted by Crippen LogP contribution is 2.56. The van der Waals surface area contributed by atoms with Gasteiger partial charge in [0.2, 0.25) is 0 Å². The average Bonchev–Trinajstić information content (AvgIpc) is 3.89. The van der Waals surface area contributed by atoms with Crippen LogP contribution in [0.1, 0.15) is 109 Å². The van der Waals surface area contributed by atoms with Crippen LogP contribution in [0, 0.1) is 32.5 Å². The Morgan fingerprint density at radius 1 is 0.969 bits per heavy atom. The van der Waals surface area contributed by atoms with Crippen LogP contribution in [0.5, 0.6) is 0 Å². The van der Waals surface area contributed by atoms with Gasteiger partial charge in [0.15, 0.2) is 5.82 Å². The van der Waals surface area contributed by atoms with Crippen LogP contribution < -0.4 is 5.76 Å². The van der Waals surface area contributed by atoms with Gasteiger partial charge in [0.25, 0.3) is 5.91 Å². The van der Waals surface area contributed by atoms with Crippen molar-refractivity contribution in [1.82, 2.24) is 48.7 Å². The number of hydrogen-bond donors (Lipinski definition) is 1. The van der Waals surface area contributed by atoms with Crippen molar-refractivity contribution >= 4 is 27.7 Å². The van der Waals surface area contributed by atoms with Gasteiger partial charge in [-0.2, -0.15) is 10.2 Å². The molecule has 0 unspecified atom stereocenters. The second kappa shape index (κ2) is 14.2. The number of carbonyl (C=O) groups is 1. The number of carbonyl (C=O) groups excluding carboxylic acids is 1. The monoisotopic (exact) mass is 862 g/mol. The van der Waals surface area contributed by atoms with Gasteiger partial charge >= 0.3 is 5.76 Å². The number of nitrogens with zero attached hydrogens (tertiary/aromatic N) is 9. The molecule has 8 aromatic rings. The molecule has 3 aromatic carbocycles. The lowest BCUT2D eigenvalue weighted by Crippen LogP contribution is -2.41. The zero-order chi connectivity index (χ0) is 44.6. The molecule has 0 radical (unpaired) electrons. The minimum absolute atomic E-state index is 0.0569. The number of hydrogen-bond acceptors (Lipinski definition) is 8. The summed E-state index contributed by atoms with van der Waals surface area (Å²) in [5.41, 5.74) is 8.73. The molecule has 64 heavy (non-hydrogen) atoms. The fourth-order valence-electron chi connectivity index (χ4n) is 10.9. The van der Waals surface area contributed by atoms with Crippen molar-refractivity contribution in [2.75, 3.05) is 13.2 Å². The highest BCUT2D eigenvalue weighted by Gasteiger charge is 2.59. The summed E-state index contributed by atoms with van der Waals surface area (Å²) >= 11 is 0. The molecule has 0 bridgehead atoms. The summed E-state index contributed by atoms with van der Waals surface area (Å²) in [6.07, 6.45) is 6.63. The molecule has 7 heterocycles. The Bertz CT molecular complexity index is 3250. The predicted molar refractivity (Wildman–Crippen MR) is 240 cm³/mol. The molecule has 1 saturated carbocycles. The van der Waals surface area contributed by atoms with E-state index in [0.717, 1.165) is 68.7 Å². The van der Waals surface area contributed by atoms with E-state index in [1.54, 1.807) is 13.8 Å². The van der Waals surface area contributed by atoms with Gasteiger partial charge in [0.1, 0.15) is 29.2 Å². The van der Waals surface area contributed by atoms with Crippen molar-refractivity contribution in [2.24, 2.45) is 13.0 Å². The second-order valence-corrected chi connectivity index (χ2v) is 19.0. The number of aromatic nitrogens is 9. The number of H-pyrrole nitrogens is 1. The van der Waals surface area contributed by atoms with Crippen LogP contribution in [0.15, 0.2) is 76.4 Å². The summed E-state index contributed by atoms with van der Waals surface area (Å²) in [5.74, 6) is 0.478. The molecule has 1 saturated heterocycles. The predicted octanol–water partition coefficient (Wildman–Crippen LogP) is 8.52. The SMILES string of the molecule is Cc1cc(-n2nc3c(c2-n2cnc(-c4ccc5c(cnn5C)c4)c2C)[C@H](C)N(C(=O)c2cc4cc([C@H]5CCOC(C)(C)C5)ccc4n2[C@@]2(c4noc(=O)[nH]4)C[C@@H]2C)CC3)cc(C)c1F. The van der Waals surface area contributed by atoms with Crippen LogP contribution in [0.4, 0.5) is 4.39 Å². The maximum atomic E-state index is 15.6. The van der Waals surface area contributed by atoms with Crippen LogP contribution in [0.3, 0.4) is 0 Å². The van der Waals surface area contributed by atoms with Crippen molar-refractivity contribution < 1.29 is 18.4 Å². The van der Waals surface area contributed by atoms with E-state index in [1.807, 2.05) is 63.5 Å². The Morgan fingerprint density at radius 2 is 1.73 bits per heavy atom. The van der Waals surface area contributed by atoms with Crippen LogP contribution in [-0.2, 0) is 23.7 Å². The molecular weight excluding hydrogens is 812 g/mol. The van der Waals surface area contributed by atoms with Gasteiger partial charge in [0, 0.05) is 59.7 Å². The third-order valence-corrected chi connectivity index (χ3v) is 14.4. The highest BCUT2D eigenvalue weighted by atomic mass is 19.1. The Morgan fingerprint density at radius 3 is 2.45 bits per heavy atom. The van der Waals surface area contributed by atoms with E-state index in [2.05, 4.69) is 83.9 Å². The first-order valence-electron chi connectivity index (χ1n) is 22.2. The molecule has 2 aliphatic heterocycles. The van der Waals surface area contributed by atoms with E-state index in [1.165, 1.54) is 5.56 Å². The lowest BCUT2D eigenvalue weighted by molar-refractivity contribution is -0.0592. The standard InChI is InChI=1S/C49H51FN10O4/c1-26-17-36(18-27(2)42(26)50)60-44(58-25-51-43(30(58)5)32-10-11-38-35(20-32)24-52-56(38)8)41-29(4)57(15-13-37(41)54-60)45(61)40-21-34-19-31(33-14-16-63-48(6,7)23-33)9-12-39(34)59(40)49(22-28(49)3)46-53-47(62)64-55-46/h9-12,17-21,24-25,28-29,33H,13-16,22-23H2,1-8H3,(H,53,55,62)/t28-,29-,33-,49-/m0/s1. The highest BCUT2D eigenvalue weighted by molar-refractivity contribution is 6.00. The van der Waals surface area contributed by atoms with Gasteiger partial charge in [-0.25, -0.2) is 18.9 Å². The number of rotatable bonds is 7. The van der Waals surface area contributed by atoms with Crippen LogP contribution in [-0.4, -0.2) is 73.4 Å². The second-order valence-electron chi connectivity index (χ2n) is 19.0. The van der Waals surface area contributed by atoms with Crippen LogP contribution >= 0.6 is 0 Å². The number of aromatic amines is 1. The first-order valence-corrected chi connectivity index (χ1v) is 22.2. The minimum Gasteiger partial charge on any atom is -0.376 e. The first kappa shape index (κ1) is 40.2. The number of ether oxygens (including phenoxy) is 1. The molecule has 11 rings (SSSR count). The van der Waals surface area contributed by atoms with E-state index < -0.39 is 17.3 Å². The van der Waals surface area contributed by atoms with Crippen molar-refractivity contribution in [1.29, 1.82) is 0 Å². The Balaban J connectivity index is 1.05. The zero-order valence-electron chi connectivity index (χ0n) is 37.4. The number of halogens is 1. The van der Waals surface area contributed by atoms with Gasteiger partial charge in [0.05, 0.1) is 40.4 Å². The quantitative estimate of drug-likeness (QED) is 0.168. The summed E-state index contributed by atoms with van der Waals surface area (Å²) in [6.45, 7) is 15.1. The number of fused-ring (bicyclic) bond motifs is 3. The maximum Gasteiger partial charge on any atom is 0.438 e. The number of amides is 1. The van der Waals surface area contributed by atoms with Crippen molar-refractivity contribution in [3.05, 3.63) is 129 Å². The number of benzene rings is 3. The van der Waals surface area contributed by atoms with Gasteiger partial charge in [-0.15, -0.1) is 0 Å². The van der Waals surface area contributed by atoms with Gasteiger partial charge < -0.3 is 14.2 Å². The smallest absolute Gasteiger partial charge is 0.376 e. The number of aryl methyl sites for hydroxylation is 3. The lowest BCUT2D eigenvalue weighted by Gasteiger charge is -2.35. The number of imidazole rings is 1. The summed E-state index contributed by atoms with van der Waals surface area (Å²) in [7, 11) is 1.92. The maximum absolute atomic E-state index is 15.6. The van der Waals surface area contributed by atoms with Crippen molar-refractivity contribution in [3.8, 4) is 22.8 Å². The number of nitrogens with one attached hydrogen (secondary N) is 1. The normalized spacial score (nSPS) is 21.8. The summed E-state index contributed by atoms with van der Waals surface area (Å²) < 4.78 is 34.2. The van der Waals surface area contributed by atoms with Crippen molar-refractivity contribution in [2.45, 2.75) is 97.2 Å². The van der Waals surface area contributed by atoms with E-state index in [0.29, 0.717) is 60.2 Å². The van der Waals surface area contributed by atoms with Gasteiger partial charge in [-0.3, -0.25) is 23.6 Å². The van der Waals surface area contributed by atoms with E-state index in [9.17, 15) is 4.79 Å². The van der Waals surface area contributed by atoms with Crippen LogP contribution in [0.2, 0.25) is 0 Å². The average molecular weight is 863 g/mol. The van der Waals surface area contributed by atoms with E-state index in [-0.39, 0.29) is 23.2 Å². The Hall–Kier alpha value is -6.61. The molecule has 2 fully saturated rings. The molecular formula is C49H51FN10O4. The van der Waals surface area contributed by atoms with Gasteiger partial charge in [-0.1, -0.05) is 24.2 Å². The largest absolute Gasteiger partial charge is 0.438 e. The third kappa shape index (κ3) is 6.06. The summed E-state index contributed by atoms with van der Waals surface area (Å²) in [6, 6.07) is 17.9. The topological polar surface area (TPSA) is 147 Å². The molecule has 15 heteroatoms. The molecule has 328 valence electrons. The Labute approximate surface area is 368 Å². The molecule has 1 aliphatic carbocycles. The molecule has 3 aliphatic rings. The molecule has 5 aromatic heterocycles.